The van der Waals surface area contributed by atoms with Crippen molar-refractivity contribution < 1.29 is 14.3 Å². The Bertz CT molecular complexity index is 992. The number of hydrogen-bond donors (Lipinski definition) is 2. The number of piperazine rings is 1. The first-order valence-corrected chi connectivity index (χ1v) is 10.5. The molecule has 0 spiro atoms. The van der Waals surface area contributed by atoms with Gasteiger partial charge in [0.05, 0.1) is 16.6 Å². The minimum Gasteiger partial charge on any atom is -0.489 e. The highest BCUT2D eigenvalue weighted by Gasteiger charge is 2.28. The van der Waals surface area contributed by atoms with Crippen molar-refractivity contribution in [3.8, 4) is 5.75 Å². The van der Waals surface area contributed by atoms with E-state index in [1.54, 1.807) is 11.0 Å². The Kier molecular flexibility index (Phi) is 6.62. The number of aromatic amines is 1. The monoisotopic (exact) mass is 506 g/mol. The summed E-state index contributed by atoms with van der Waals surface area (Å²) < 4.78 is 11.9. The van der Waals surface area contributed by atoms with Gasteiger partial charge in [-0.3, -0.25) is 9.78 Å². The smallest absolute Gasteiger partial charge is 0.410 e. The molecule has 1 aromatic carbocycles. The second kappa shape index (κ2) is 8.67. The molecule has 0 bridgehead atoms. The molecule has 0 radical (unpaired) electrons. The molecule has 3 rings (SSSR count). The number of nitrogens with one attached hydrogen (secondary N) is 2. The quantitative estimate of drug-likeness (QED) is 0.616. The van der Waals surface area contributed by atoms with Crippen LogP contribution in [0.3, 0.4) is 0 Å². The van der Waals surface area contributed by atoms with Gasteiger partial charge >= 0.3 is 6.09 Å². The molecule has 2 heterocycles. The van der Waals surface area contributed by atoms with Gasteiger partial charge < -0.3 is 19.7 Å². The van der Waals surface area contributed by atoms with Crippen LogP contribution in [0.2, 0.25) is 10.3 Å². The van der Waals surface area contributed by atoms with Crippen LogP contribution in [-0.4, -0.2) is 58.8 Å². The number of benzene rings is 1. The van der Waals surface area contributed by atoms with E-state index in [0.29, 0.717) is 29.6 Å². The highest BCUT2D eigenvalue weighted by Crippen LogP contribution is 2.37. The first-order chi connectivity index (χ1) is 13.5. The van der Waals surface area contributed by atoms with Crippen molar-refractivity contribution in [1.82, 2.24) is 20.2 Å². The molecule has 29 heavy (non-hydrogen) atoms. The van der Waals surface area contributed by atoms with Crippen molar-refractivity contribution >= 4 is 56.1 Å². The van der Waals surface area contributed by atoms with Gasteiger partial charge in [0.2, 0.25) is 5.28 Å². The zero-order valence-corrected chi connectivity index (χ0v) is 19.2. The van der Waals surface area contributed by atoms with Gasteiger partial charge in [0, 0.05) is 24.1 Å². The molecule has 1 aliphatic heterocycles. The van der Waals surface area contributed by atoms with Crippen LogP contribution in [0.4, 0.5) is 4.79 Å². The number of aromatic nitrogens is 2. The van der Waals surface area contributed by atoms with Gasteiger partial charge in [-0.2, -0.15) is 0 Å². The van der Waals surface area contributed by atoms with Gasteiger partial charge in [-0.05, 0) is 54.4 Å². The normalized spacial score (nSPS) is 17.4. The van der Waals surface area contributed by atoms with Crippen LogP contribution in [0.5, 0.6) is 5.75 Å². The molecule has 1 aromatic heterocycles. The van der Waals surface area contributed by atoms with E-state index in [-0.39, 0.29) is 40.2 Å². The largest absolute Gasteiger partial charge is 0.489 e. The fraction of sp³-hybridized carbons (Fsp3) is 0.500. The number of carbonyl (C=O) groups is 1. The van der Waals surface area contributed by atoms with Crippen LogP contribution in [0.25, 0.3) is 10.9 Å². The lowest BCUT2D eigenvalue weighted by molar-refractivity contribution is 0.0178. The lowest BCUT2D eigenvalue weighted by Crippen LogP contribution is -2.55. The van der Waals surface area contributed by atoms with Crippen molar-refractivity contribution in [2.45, 2.75) is 32.4 Å². The molecule has 8 nitrogen and oxygen atoms in total. The highest BCUT2D eigenvalue weighted by atomic mass is 79.9. The molecular weight excluding hydrogens is 487 g/mol. The van der Waals surface area contributed by atoms with Crippen LogP contribution in [0, 0.1) is 0 Å². The molecule has 1 aliphatic rings. The summed E-state index contributed by atoms with van der Waals surface area (Å²) in [6.07, 6.45) is -0.370. The van der Waals surface area contributed by atoms with E-state index in [9.17, 15) is 9.59 Å². The third kappa shape index (κ3) is 5.33. The van der Waals surface area contributed by atoms with Crippen LogP contribution in [-0.2, 0) is 4.74 Å². The molecule has 2 aromatic rings. The van der Waals surface area contributed by atoms with E-state index in [2.05, 4.69) is 31.2 Å². The number of nitrogens with zero attached hydrogens (tertiary/aromatic N) is 2. The minimum atomic E-state index is -0.563. The summed E-state index contributed by atoms with van der Waals surface area (Å²) in [6.45, 7) is 7.20. The molecule has 0 unspecified atom stereocenters. The Morgan fingerprint density at radius 2 is 2.14 bits per heavy atom. The summed E-state index contributed by atoms with van der Waals surface area (Å²) in [5.41, 5.74) is -0.653. The van der Waals surface area contributed by atoms with E-state index in [0.717, 1.165) is 0 Å². The highest BCUT2D eigenvalue weighted by molar-refractivity contribution is 9.10. The van der Waals surface area contributed by atoms with E-state index in [4.69, 9.17) is 32.7 Å². The number of amides is 1. The average molecular weight is 508 g/mol. The molecule has 1 amide bonds. The first-order valence-electron chi connectivity index (χ1n) is 8.97. The molecule has 0 aliphatic carbocycles. The lowest BCUT2D eigenvalue weighted by Gasteiger charge is -2.34. The van der Waals surface area contributed by atoms with E-state index in [1.165, 1.54) is 0 Å². The lowest BCUT2D eigenvalue weighted by atomic mass is 10.2. The van der Waals surface area contributed by atoms with Gasteiger partial charge in [0.15, 0.2) is 5.75 Å². The van der Waals surface area contributed by atoms with E-state index >= 15 is 0 Å². The summed E-state index contributed by atoms with van der Waals surface area (Å²) in [7, 11) is 0. The first kappa shape index (κ1) is 22.1. The Labute approximate surface area is 186 Å². The predicted molar refractivity (Wildman–Crippen MR) is 115 cm³/mol. The molecule has 0 saturated carbocycles. The molecule has 2 N–H and O–H groups in total. The summed E-state index contributed by atoms with van der Waals surface area (Å²) in [5.74, 6) is 0.206. The van der Waals surface area contributed by atoms with Gasteiger partial charge in [-0.1, -0.05) is 11.6 Å². The fourth-order valence-corrected chi connectivity index (χ4v) is 3.71. The standard InChI is InChI=1S/C18H21BrCl2N4O4/c1-18(2,3)29-17(27)25-5-4-22-9(7-25)8-28-14-12-11(6-10(19)13(14)20)23-16(21)24-15(12)26/h6,9,22H,4-5,7-8H2,1-3H3,(H,23,24,26)/t9-/m1/s1. The summed E-state index contributed by atoms with van der Waals surface area (Å²) in [5, 5.41) is 3.73. The molecule has 1 atom stereocenters. The predicted octanol–water partition coefficient (Wildman–Crippen LogP) is 3.58. The average Bonchev–Trinajstić information content (AvgIpc) is 2.61. The molecule has 1 saturated heterocycles. The topological polar surface area (TPSA) is 96.5 Å². The number of hydrogen-bond acceptors (Lipinski definition) is 6. The fourth-order valence-electron chi connectivity index (χ4n) is 2.94. The molecule has 11 heteroatoms. The number of fused-ring (bicyclic) bond motifs is 1. The molecule has 158 valence electrons. The van der Waals surface area contributed by atoms with E-state index < -0.39 is 11.2 Å². The summed E-state index contributed by atoms with van der Waals surface area (Å²) in [4.78, 5) is 32.9. The van der Waals surface area contributed by atoms with Crippen molar-refractivity contribution in [3.05, 3.63) is 31.2 Å². The number of ether oxygens (including phenoxy) is 2. The maximum atomic E-state index is 12.4. The third-order valence-corrected chi connectivity index (χ3v) is 5.56. The zero-order chi connectivity index (χ0) is 21.3. The number of carbonyl (C=O) groups excluding carboxylic acids is 1. The number of rotatable bonds is 3. The molecular formula is C18H21BrCl2N4O4. The SMILES string of the molecule is CC(C)(C)OC(=O)N1CCN[C@@H](COc2c(Cl)c(Br)cc3nc(Cl)[nH]c(=O)c23)C1. The molecule has 1 fully saturated rings. The third-order valence-electron chi connectivity index (χ3n) is 4.15. The Morgan fingerprint density at radius 3 is 2.83 bits per heavy atom. The van der Waals surface area contributed by atoms with Crippen molar-refractivity contribution in [1.29, 1.82) is 0 Å². The second-order valence-corrected chi connectivity index (χ2v) is 9.23. The Hall–Kier alpha value is -1.55. The number of halogens is 3. The summed E-state index contributed by atoms with van der Waals surface area (Å²) in [6, 6.07) is 1.44. The Morgan fingerprint density at radius 1 is 1.41 bits per heavy atom. The van der Waals surface area contributed by atoms with Gasteiger partial charge in [0.1, 0.15) is 17.6 Å². The van der Waals surface area contributed by atoms with Crippen LogP contribution < -0.4 is 15.6 Å². The second-order valence-electron chi connectivity index (χ2n) is 7.64. The van der Waals surface area contributed by atoms with Crippen molar-refractivity contribution in [2.24, 2.45) is 0 Å². The van der Waals surface area contributed by atoms with Crippen molar-refractivity contribution in [3.63, 3.8) is 0 Å². The summed E-state index contributed by atoms with van der Waals surface area (Å²) >= 11 is 15.6. The van der Waals surface area contributed by atoms with Crippen LogP contribution in [0.1, 0.15) is 20.8 Å². The maximum Gasteiger partial charge on any atom is 0.410 e. The zero-order valence-electron chi connectivity index (χ0n) is 16.1. The number of H-pyrrole nitrogens is 1. The maximum absolute atomic E-state index is 12.4. The van der Waals surface area contributed by atoms with Crippen LogP contribution in [0.15, 0.2) is 15.3 Å². The van der Waals surface area contributed by atoms with Crippen LogP contribution >= 0.6 is 39.1 Å². The van der Waals surface area contributed by atoms with Gasteiger partial charge in [0.25, 0.3) is 5.56 Å². The van der Waals surface area contributed by atoms with E-state index in [1.807, 2.05) is 20.8 Å². The minimum absolute atomic E-state index is 0.0235. The van der Waals surface area contributed by atoms with Gasteiger partial charge in [-0.25, -0.2) is 9.78 Å². The Balaban J connectivity index is 1.78. The van der Waals surface area contributed by atoms with Gasteiger partial charge in [-0.15, -0.1) is 0 Å². The van der Waals surface area contributed by atoms with Crippen molar-refractivity contribution in [2.75, 3.05) is 26.2 Å².